The third kappa shape index (κ3) is 5.82. The fourth-order valence-corrected chi connectivity index (χ4v) is 3.80. The third-order valence-corrected chi connectivity index (χ3v) is 5.25. The van der Waals surface area contributed by atoms with Crippen molar-refractivity contribution in [3.05, 3.63) is 29.8 Å². The van der Waals surface area contributed by atoms with Crippen LogP contribution in [0.4, 0.5) is 0 Å². The van der Waals surface area contributed by atoms with Gasteiger partial charge in [-0.3, -0.25) is 9.59 Å². The molecule has 0 radical (unpaired) electrons. The molecule has 0 aliphatic heterocycles. The van der Waals surface area contributed by atoms with Gasteiger partial charge in [0.05, 0.1) is 12.9 Å². The van der Waals surface area contributed by atoms with Gasteiger partial charge in [0.1, 0.15) is 11.8 Å². The van der Waals surface area contributed by atoms with Crippen LogP contribution in [0.5, 0.6) is 5.75 Å². The number of carboxylic acids is 1. The largest absolute Gasteiger partial charge is 0.497 e. The first-order valence-electron chi connectivity index (χ1n) is 7.27. The van der Waals surface area contributed by atoms with Crippen LogP contribution >= 0.6 is 0 Å². The summed E-state index contributed by atoms with van der Waals surface area (Å²) in [7, 11) is -2.42. The average Bonchev–Trinajstić information content (AvgIpc) is 2.50. The Morgan fingerprint density at radius 3 is 2.58 bits per heavy atom. The second kappa shape index (κ2) is 8.65. The highest BCUT2D eigenvalue weighted by molar-refractivity contribution is 7.88. The summed E-state index contributed by atoms with van der Waals surface area (Å²) < 4.78 is 31.2. The second-order valence-corrected chi connectivity index (χ2v) is 7.14. The Bertz CT molecular complexity index is 689. The Hall–Kier alpha value is -2.13. The number of nitrogens with one attached hydrogen (secondary N) is 1. The Balaban J connectivity index is 2.99. The number of rotatable bonds is 9. The van der Waals surface area contributed by atoms with Gasteiger partial charge in [-0.15, -0.1) is 0 Å². The highest BCUT2D eigenvalue weighted by atomic mass is 32.2. The number of carbonyl (C=O) groups excluding carboxylic acids is 1. The van der Waals surface area contributed by atoms with Gasteiger partial charge in [-0.1, -0.05) is 12.1 Å². The van der Waals surface area contributed by atoms with Crippen molar-refractivity contribution in [2.75, 3.05) is 20.2 Å². The standard InChI is InChI=1S/C15H22N2O6S/c1-11(15(19)20)17(8-7-16-12(2)18)24(21,22)10-13-5-4-6-14(9-13)23-3/h4-6,9,11H,7-8,10H2,1-3H3,(H,16,18)(H,19,20). The lowest BCUT2D eigenvalue weighted by Crippen LogP contribution is -2.47. The van der Waals surface area contributed by atoms with Crippen molar-refractivity contribution in [2.24, 2.45) is 0 Å². The monoisotopic (exact) mass is 358 g/mol. The SMILES string of the molecule is COc1cccc(CS(=O)(=O)N(CCNC(C)=O)C(C)C(=O)O)c1. The number of hydrogen-bond donors (Lipinski definition) is 2. The lowest BCUT2D eigenvalue weighted by Gasteiger charge is -2.25. The number of benzene rings is 1. The molecule has 134 valence electrons. The topological polar surface area (TPSA) is 113 Å². The summed E-state index contributed by atoms with van der Waals surface area (Å²) in [6, 6.07) is 5.30. The number of sulfonamides is 1. The zero-order chi connectivity index (χ0) is 18.3. The Morgan fingerprint density at radius 2 is 2.04 bits per heavy atom. The molecule has 8 nitrogen and oxygen atoms in total. The molecule has 0 saturated carbocycles. The number of methoxy groups -OCH3 is 1. The van der Waals surface area contributed by atoms with Crippen molar-refractivity contribution < 1.29 is 27.9 Å². The predicted molar refractivity (Wildman–Crippen MR) is 88.1 cm³/mol. The molecule has 0 fully saturated rings. The average molecular weight is 358 g/mol. The molecule has 0 saturated heterocycles. The fourth-order valence-electron chi connectivity index (χ4n) is 2.09. The Morgan fingerprint density at radius 1 is 1.38 bits per heavy atom. The van der Waals surface area contributed by atoms with E-state index in [0.29, 0.717) is 11.3 Å². The molecule has 1 unspecified atom stereocenters. The van der Waals surface area contributed by atoms with Crippen LogP contribution in [0.1, 0.15) is 19.4 Å². The molecular weight excluding hydrogens is 336 g/mol. The van der Waals surface area contributed by atoms with Crippen molar-refractivity contribution in [3.8, 4) is 5.75 Å². The molecule has 0 bridgehead atoms. The summed E-state index contributed by atoms with van der Waals surface area (Å²) in [6.07, 6.45) is 0. The third-order valence-electron chi connectivity index (χ3n) is 3.34. The summed E-state index contributed by atoms with van der Waals surface area (Å²) in [5.41, 5.74) is 0.483. The van der Waals surface area contributed by atoms with E-state index < -0.39 is 22.0 Å². The molecule has 9 heteroatoms. The highest BCUT2D eigenvalue weighted by Crippen LogP contribution is 2.18. The maximum atomic E-state index is 12.6. The van der Waals surface area contributed by atoms with Gasteiger partial charge < -0.3 is 15.2 Å². The van der Waals surface area contributed by atoms with Crippen LogP contribution in [0.25, 0.3) is 0 Å². The molecule has 0 heterocycles. The van der Waals surface area contributed by atoms with E-state index in [1.165, 1.54) is 21.0 Å². The Kier molecular flexibility index (Phi) is 7.18. The van der Waals surface area contributed by atoms with E-state index in [-0.39, 0.29) is 24.7 Å². The zero-order valence-electron chi connectivity index (χ0n) is 13.9. The smallest absolute Gasteiger partial charge is 0.321 e. The fraction of sp³-hybridized carbons (Fsp3) is 0.467. The van der Waals surface area contributed by atoms with Crippen LogP contribution in [0, 0.1) is 0 Å². The molecule has 1 amide bonds. The predicted octanol–water partition coefficient (Wildman–Crippen LogP) is 0.436. The number of aliphatic carboxylic acids is 1. The molecule has 1 atom stereocenters. The summed E-state index contributed by atoms with van der Waals surface area (Å²) >= 11 is 0. The maximum absolute atomic E-state index is 12.6. The molecule has 24 heavy (non-hydrogen) atoms. The van der Waals surface area contributed by atoms with Gasteiger partial charge in [0.2, 0.25) is 15.9 Å². The summed E-state index contributed by atoms with van der Waals surface area (Å²) in [5.74, 6) is -1.42. The van der Waals surface area contributed by atoms with E-state index in [1.54, 1.807) is 24.3 Å². The van der Waals surface area contributed by atoms with Gasteiger partial charge in [0.25, 0.3) is 0 Å². The van der Waals surface area contributed by atoms with Crippen LogP contribution < -0.4 is 10.1 Å². The van der Waals surface area contributed by atoms with E-state index in [0.717, 1.165) is 4.31 Å². The van der Waals surface area contributed by atoms with Crippen molar-refractivity contribution in [1.29, 1.82) is 0 Å². The van der Waals surface area contributed by atoms with Gasteiger partial charge in [-0.2, -0.15) is 4.31 Å². The van der Waals surface area contributed by atoms with Crippen molar-refractivity contribution in [1.82, 2.24) is 9.62 Å². The molecule has 0 aliphatic rings. The molecule has 1 rings (SSSR count). The molecule has 1 aromatic rings. The first kappa shape index (κ1) is 19.9. The number of carbonyl (C=O) groups is 2. The molecule has 0 aliphatic carbocycles. The summed E-state index contributed by atoms with van der Waals surface area (Å²) in [6.45, 7) is 2.50. The van der Waals surface area contributed by atoms with Crippen LogP contribution in [-0.4, -0.2) is 55.9 Å². The minimum Gasteiger partial charge on any atom is -0.497 e. The molecule has 0 aromatic heterocycles. The molecule has 1 aromatic carbocycles. The molecule has 2 N–H and O–H groups in total. The number of nitrogens with zero attached hydrogens (tertiary/aromatic N) is 1. The number of hydrogen-bond acceptors (Lipinski definition) is 5. The van der Waals surface area contributed by atoms with Crippen LogP contribution in [0.3, 0.4) is 0 Å². The van der Waals surface area contributed by atoms with Crippen molar-refractivity contribution in [2.45, 2.75) is 25.6 Å². The normalized spacial score (nSPS) is 12.7. The van der Waals surface area contributed by atoms with E-state index >= 15 is 0 Å². The van der Waals surface area contributed by atoms with Crippen LogP contribution in [0.2, 0.25) is 0 Å². The van der Waals surface area contributed by atoms with E-state index in [2.05, 4.69) is 5.32 Å². The highest BCUT2D eigenvalue weighted by Gasteiger charge is 2.31. The maximum Gasteiger partial charge on any atom is 0.321 e. The van der Waals surface area contributed by atoms with Gasteiger partial charge >= 0.3 is 5.97 Å². The minimum absolute atomic E-state index is 0.0320. The first-order chi connectivity index (χ1) is 11.2. The molecular formula is C15H22N2O6S. The minimum atomic E-state index is -3.90. The van der Waals surface area contributed by atoms with Gasteiger partial charge in [-0.25, -0.2) is 8.42 Å². The number of carboxylic acid groups (broad SMARTS) is 1. The van der Waals surface area contributed by atoms with Gasteiger partial charge in [0, 0.05) is 20.0 Å². The van der Waals surface area contributed by atoms with Gasteiger partial charge in [-0.05, 0) is 24.6 Å². The van der Waals surface area contributed by atoms with Gasteiger partial charge in [0.15, 0.2) is 0 Å². The van der Waals surface area contributed by atoms with Crippen LogP contribution in [-0.2, 0) is 25.4 Å². The summed E-state index contributed by atoms with van der Waals surface area (Å²) in [4.78, 5) is 22.2. The lowest BCUT2D eigenvalue weighted by atomic mass is 10.2. The van der Waals surface area contributed by atoms with Crippen molar-refractivity contribution >= 4 is 21.9 Å². The van der Waals surface area contributed by atoms with Crippen LogP contribution in [0.15, 0.2) is 24.3 Å². The number of ether oxygens (including phenoxy) is 1. The lowest BCUT2D eigenvalue weighted by molar-refractivity contribution is -0.140. The van der Waals surface area contributed by atoms with E-state index in [4.69, 9.17) is 9.84 Å². The van der Waals surface area contributed by atoms with Crippen molar-refractivity contribution in [3.63, 3.8) is 0 Å². The quantitative estimate of drug-likeness (QED) is 0.662. The Labute approximate surface area is 141 Å². The molecule has 0 spiro atoms. The van der Waals surface area contributed by atoms with E-state index in [9.17, 15) is 18.0 Å². The summed E-state index contributed by atoms with van der Waals surface area (Å²) in [5, 5.41) is 11.6. The second-order valence-electron chi connectivity index (χ2n) is 5.22. The first-order valence-corrected chi connectivity index (χ1v) is 8.88. The van der Waals surface area contributed by atoms with E-state index in [1.807, 2.05) is 0 Å². The number of amides is 1. The zero-order valence-corrected chi connectivity index (χ0v) is 14.7.